The Hall–Kier alpha value is -2.71. The van der Waals surface area contributed by atoms with Gasteiger partial charge in [-0.15, -0.1) is 0 Å². The number of ether oxygens (including phenoxy) is 1. The van der Waals surface area contributed by atoms with Crippen molar-refractivity contribution in [1.29, 1.82) is 0 Å². The Morgan fingerprint density at radius 2 is 1.50 bits per heavy atom. The highest BCUT2D eigenvalue weighted by molar-refractivity contribution is 7.89. The van der Waals surface area contributed by atoms with Crippen molar-refractivity contribution < 1.29 is 27.9 Å². The number of aromatic carboxylic acids is 1. The smallest absolute Gasteiger partial charge is 0.335 e. The lowest BCUT2D eigenvalue weighted by atomic mass is 9.89. The van der Waals surface area contributed by atoms with E-state index < -0.39 is 16.0 Å². The van der Waals surface area contributed by atoms with Crippen LogP contribution >= 0.6 is 0 Å². The Morgan fingerprint density at radius 1 is 0.964 bits per heavy atom. The second-order valence-electron chi connectivity index (χ2n) is 6.60. The minimum absolute atomic E-state index is 0.00510. The summed E-state index contributed by atoms with van der Waals surface area (Å²) in [6, 6.07) is 12.0. The first-order valence-electron chi connectivity index (χ1n) is 8.84. The fraction of sp³-hybridized carbons (Fsp3) is 0.300. The van der Waals surface area contributed by atoms with Crippen LogP contribution in [0.25, 0.3) is 0 Å². The summed E-state index contributed by atoms with van der Waals surface area (Å²) in [7, 11) is -2.16. The Kier molecular flexibility index (Phi) is 5.81. The van der Waals surface area contributed by atoms with Crippen LogP contribution in [0, 0.1) is 5.92 Å². The van der Waals surface area contributed by atoms with Gasteiger partial charge in [0.25, 0.3) is 0 Å². The third-order valence-corrected chi connectivity index (χ3v) is 6.85. The number of benzene rings is 2. The highest BCUT2D eigenvalue weighted by atomic mass is 32.2. The van der Waals surface area contributed by atoms with Crippen LogP contribution in [0.15, 0.2) is 53.4 Å². The van der Waals surface area contributed by atoms with Crippen LogP contribution in [0.2, 0.25) is 0 Å². The van der Waals surface area contributed by atoms with Gasteiger partial charge in [0.2, 0.25) is 10.0 Å². The SMILES string of the molecule is COc1ccc(C(=O)C2CCN(S(=O)(=O)c3ccc(C(=O)O)cc3)CC2)cc1. The molecular formula is C20H21NO6S. The van der Waals surface area contributed by atoms with E-state index in [1.165, 1.54) is 28.6 Å². The van der Waals surface area contributed by atoms with Gasteiger partial charge in [-0.05, 0) is 61.4 Å². The molecule has 0 aromatic heterocycles. The normalized spacial score (nSPS) is 15.9. The van der Waals surface area contributed by atoms with Crippen LogP contribution in [0.3, 0.4) is 0 Å². The number of hydrogen-bond acceptors (Lipinski definition) is 5. The second kappa shape index (κ2) is 8.12. The highest BCUT2D eigenvalue weighted by Crippen LogP contribution is 2.27. The molecule has 1 saturated heterocycles. The number of nitrogens with zero attached hydrogens (tertiary/aromatic N) is 1. The van der Waals surface area contributed by atoms with E-state index in [9.17, 15) is 18.0 Å². The third-order valence-electron chi connectivity index (χ3n) is 4.94. The Bertz CT molecular complexity index is 959. The van der Waals surface area contributed by atoms with Gasteiger partial charge in [0.1, 0.15) is 5.75 Å². The first-order chi connectivity index (χ1) is 13.3. The molecule has 0 bridgehead atoms. The molecule has 7 nitrogen and oxygen atoms in total. The number of piperidine rings is 1. The molecule has 0 spiro atoms. The molecule has 0 unspecified atom stereocenters. The Balaban J connectivity index is 1.66. The topological polar surface area (TPSA) is 101 Å². The number of carbonyl (C=O) groups excluding carboxylic acids is 1. The van der Waals surface area contributed by atoms with Gasteiger partial charge in [-0.2, -0.15) is 4.31 Å². The summed E-state index contributed by atoms with van der Waals surface area (Å²) in [5.74, 6) is -0.659. The van der Waals surface area contributed by atoms with E-state index in [-0.39, 0.29) is 35.2 Å². The lowest BCUT2D eigenvalue weighted by molar-refractivity contribution is 0.0696. The lowest BCUT2D eigenvalue weighted by Gasteiger charge is -2.30. The van der Waals surface area contributed by atoms with Gasteiger partial charge in [-0.1, -0.05) is 0 Å². The van der Waals surface area contributed by atoms with E-state index in [4.69, 9.17) is 9.84 Å². The summed E-state index contributed by atoms with van der Waals surface area (Å²) >= 11 is 0. The minimum atomic E-state index is -3.71. The van der Waals surface area contributed by atoms with E-state index in [1.807, 2.05) is 0 Å². The standard InChI is InChI=1S/C20H21NO6S/c1-27-17-6-2-14(3-7-17)19(22)15-10-12-21(13-11-15)28(25,26)18-8-4-16(5-9-18)20(23)24/h2-9,15H,10-13H2,1H3,(H,23,24). The number of hydrogen-bond donors (Lipinski definition) is 1. The Morgan fingerprint density at radius 3 is 2.00 bits per heavy atom. The quantitative estimate of drug-likeness (QED) is 0.744. The molecule has 0 atom stereocenters. The first-order valence-corrected chi connectivity index (χ1v) is 10.3. The van der Waals surface area contributed by atoms with Gasteiger partial charge in [0, 0.05) is 24.6 Å². The molecule has 0 amide bonds. The molecule has 1 aliphatic heterocycles. The summed E-state index contributed by atoms with van der Waals surface area (Å²) in [6.07, 6.45) is 0.884. The third kappa shape index (κ3) is 4.07. The molecule has 0 aliphatic carbocycles. The molecular weight excluding hydrogens is 382 g/mol. The predicted octanol–water partition coefficient (Wildman–Crippen LogP) is 2.68. The van der Waals surface area contributed by atoms with Crippen LogP contribution in [0.5, 0.6) is 5.75 Å². The molecule has 2 aromatic carbocycles. The summed E-state index contributed by atoms with van der Waals surface area (Å²) in [6.45, 7) is 0.491. The molecule has 0 radical (unpaired) electrons. The van der Waals surface area contributed by atoms with E-state index in [1.54, 1.807) is 31.4 Å². The number of carboxylic acid groups (broad SMARTS) is 1. The molecule has 1 aliphatic rings. The highest BCUT2D eigenvalue weighted by Gasteiger charge is 2.32. The summed E-state index contributed by atoms with van der Waals surface area (Å²) in [4.78, 5) is 23.6. The number of carboxylic acids is 1. The molecule has 1 N–H and O–H groups in total. The number of sulfonamides is 1. The van der Waals surface area contributed by atoms with Crippen molar-refractivity contribution >= 4 is 21.8 Å². The van der Waals surface area contributed by atoms with E-state index in [2.05, 4.69) is 0 Å². The van der Waals surface area contributed by atoms with E-state index in [0.717, 1.165) is 0 Å². The predicted molar refractivity (Wildman–Crippen MR) is 102 cm³/mol. The van der Waals surface area contributed by atoms with Crippen LogP contribution in [0.1, 0.15) is 33.6 Å². The van der Waals surface area contributed by atoms with E-state index in [0.29, 0.717) is 24.2 Å². The van der Waals surface area contributed by atoms with Crippen molar-refractivity contribution in [2.75, 3.05) is 20.2 Å². The van der Waals surface area contributed by atoms with Crippen molar-refractivity contribution in [2.45, 2.75) is 17.7 Å². The van der Waals surface area contributed by atoms with Crippen LogP contribution in [-0.2, 0) is 10.0 Å². The van der Waals surface area contributed by atoms with Crippen molar-refractivity contribution in [1.82, 2.24) is 4.31 Å². The van der Waals surface area contributed by atoms with Crippen LogP contribution in [-0.4, -0.2) is 49.8 Å². The number of methoxy groups -OCH3 is 1. The molecule has 1 fully saturated rings. The molecule has 148 valence electrons. The molecule has 28 heavy (non-hydrogen) atoms. The van der Waals surface area contributed by atoms with Gasteiger partial charge in [0.15, 0.2) is 5.78 Å². The van der Waals surface area contributed by atoms with Crippen molar-refractivity contribution in [2.24, 2.45) is 5.92 Å². The average molecular weight is 403 g/mol. The summed E-state index contributed by atoms with van der Waals surface area (Å²) < 4.78 is 32.0. The number of ketones is 1. The molecule has 1 heterocycles. The second-order valence-corrected chi connectivity index (χ2v) is 8.54. The summed E-state index contributed by atoms with van der Waals surface area (Å²) in [5.41, 5.74) is 0.620. The zero-order chi connectivity index (χ0) is 20.3. The number of rotatable bonds is 6. The van der Waals surface area contributed by atoms with Gasteiger partial charge in [0.05, 0.1) is 17.6 Å². The zero-order valence-corrected chi connectivity index (χ0v) is 16.2. The zero-order valence-electron chi connectivity index (χ0n) is 15.4. The molecule has 8 heteroatoms. The Labute approximate surface area is 163 Å². The van der Waals surface area contributed by atoms with Crippen LogP contribution in [0.4, 0.5) is 0 Å². The van der Waals surface area contributed by atoms with Gasteiger partial charge < -0.3 is 9.84 Å². The maximum Gasteiger partial charge on any atom is 0.335 e. The molecule has 0 saturated carbocycles. The van der Waals surface area contributed by atoms with Gasteiger partial charge in [-0.3, -0.25) is 4.79 Å². The lowest BCUT2D eigenvalue weighted by Crippen LogP contribution is -2.40. The largest absolute Gasteiger partial charge is 0.497 e. The van der Waals surface area contributed by atoms with Crippen molar-refractivity contribution in [3.8, 4) is 5.75 Å². The maximum absolute atomic E-state index is 12.8. The number of carbonyl (C=O) groups is 2. The van der Waals surface area contributed by atoms with Crippen LogP contribution < -0.4 is 4.74 Å². The first kappa shape index (κ1) is 20.0. The van der Waals surface area contributed by atoms with Crippen molar-refractivity contribution in [3.63, 3.8) is 0 Å². The fourth-order valence-corrected chi connectivity index (χ4v) is 4.74. The minimum Gasteiger partial charge on any atom is -0.497 e. The van der Waals surface area contributed by atoms with Crippen molar-refractivity contribution in [3.05, 3.63) is 59.7 Å². The summed E-state index contributed by atoms with van der Waals surface area (Å²) in [5, 5.41) is 8.93. The average Bonchev–Trinajstić information content (AvgIpc) is 2.73. The van der Waals surface area contributed by atoms with E-state index >= 15 is 0 Å². The van der Waals surface area contributed by atoms with Gasteiger partial charge in [-0.25, -0.2) is 13.2 Å². The van der Waals surface area contributed by atoms with Gasteiger partial charge >= 0.3 is 5.97 Å². The monoisotopic (exact) mass is 403 g/mol. The molecule has 3 rings (SSSR count). The fourth-order valence-electron chi connectivity index (χ4n) is 3.27. The maximum atomic E-state index is 12.8. The molecule has 2 aromatic rings. The number of Topliss-reactive ketones (excluding diaryl/α,β-unsaturated/α-hetero) is 1.